The summed E-state index contributed by atoms with van der Waals surface area (Å²) in [6.45, 7) is 2.79. The number of aromatic nitrogens is 4. The van der Waals surface area contributed by atoms with Gasteiger partial charge in [0, 0.05) is 39.4 Å². The van der Waals surface area contributed by atoms with Gasteiger partial charge in [0.15, 0.2) is 12.4 Å². The Bertz CT molecular complexity index is 1230. The van der Waals surface area contributed by atoms with Gasteiger partial charge in [-0.15, -0.1) is 0 Å². The van der Waals surface area contributed by atoms with Crippen molar-refractivity contribution in [1.29, 1.82) is 0 Å². The number of carbonyl (C=O) groups excluding carboxylic acids is 1. The molecule has 2 aromatic heterocycles. The number of hydrogen-bond acceptors (Lipinski definition) is 6. The van der Waals surface area contributed by atoms with Gasteiger partial charge in [0.2, 0.25) is 10.0 Å². The molecule has 0 unspecified atom stereocenters. The molecule has 1 amide bonds. The van der Waals surface area contributed by atoms with Crippen molar-refractivity contribution in [1.82, 2.24) is 28.8 Å². The van der Waals surface area contributed by atoms with Crippen molar-refractivity contribution in [3.8, 4) is 5.75 Å². The minimum Gasteiger partial charge on any atom is -0.470 e. The zero-order valence-electron chi connectivity index (χ0n) is 17.7. The van der Waals surface area contributed by atoms with Crippen LogP contribution in [0.1, 0.15) is 16.2 Å². The average molecular weight is 479 g/mol. The van der Waals surface area contributed by atoms with Gasteiger partial charge in [-0.3, -0.25) is 9.48 Å². The maximum Gasteiger partial charge on any atom is 0.274 e. The minimum absolute atomic E-state index is 0.105. The Morgan fingerprint density at radius 2 is 1.88 bits per heavy atom. The number of halogens is 1. The lowest BCUT2D eigenvalue weighted by molar-refractivity contribution is 0.0690. The first-order valence-corrected chi connectivity index (χ1v) is 11.8. The predicted octanol–water partition coefficient (Wildman–Crippen LogP) is 1.76. The van der Waals surface area contributed by atoms with E-state index in [4.69, 9.17) is 16.3 Å². The predicted molar refractivity (Wildman–Crippen MR) is 117 cm³/mol. The quantitative estimate of drug-likeness (QED) is 0.535. The van der Waals surface area contributed by atoms with Gasteiger partial charge >= 0.3 is 0 Å². The fourth-order valence-electron chi connectivity index (χ4n) is 3.41. The molecule has 1 aliphatic heterocycles. The first-order chi connectivity index (χ1) is 15.3. The Morgan fingerprint density at radius 1 is 1.16 bits per heavy atom. The van der Waals surface area contributed by atoms with Crippen LogP contribution in [0.5, 0.6) is 5.75 Å². The summed E-state index contributed by atoms with van der Waals surface area (Å²) in [5.74, 6) is 0.273. The van der Waals surface area contributed by atoms with Crippen LogP contribution in [0, 0.1) is 6.92 Å². The van der Waals surface area contributed by atoms with Crippen LogP contribution in [-0.4, -0.2) is 69.3 Å². The molecule has 12 heteroatoms. The lowest BCUT2D eigenvalue weighted by atomic mass is 10.3. The van der Waals surface area contributed by atoms with E-state index in [-0.39, 0.29) is 49.4 Å². The SMILES string of the molecule is Cc1c(S(=O)(=O)N2CCN(C(=O)c3ccn(COc4ccccc4Cl)n3)CC2)cnn1C. The van der Waals surface area contributed by atoms with Gasteiger partial charge in [0.05, 0.1) is 16.9 Å². The summed E-state index contributed by atoms with van der Waals surface area (Å²) in [7, 11) is -1.96. The maximum atomic E-state index is 12.9. The third-order valence-corrected chi connectivity index (χ3v) is 7.70. The van der Waals surface area contributed by atoms with Crippen molar-refractivity contribution in [3.63, 3.8) is 0 Å². The highest BCUT2D eigenvalue weighted by Gasteiger charge is 2.33. The van der Waals surface area contributed by atoms with Crippen LogP contribution in [0.25, 0.3) is 0 Å². The lowest BCUT2D eigenvalue weighted by Gasteiger charge is -2.33. The molecule has 0 saturated carbocycles. The summed E-state index contributed by atoms with van der Waals surface area (Å²) < 4.78 is 35.9. The molecule has 170 valence electrons. The standard InChI is InChI=1S/C20H23ClN6O4S/c1-15-19(13-22-24(15)2)32(29,30)27-11-9-25(10-12-27)20(28)17-7-8-26(23-17)14-31-18-6-4-3-5-16(18)21/h3-8,13H,9-12,14H2,1-2H3. The number of carbonyl (C=O) groups is 1. The molecule has 0 N–H and O–H groups in total. The number of nitrogens with zero attached hydrogens (tertiary/aromatic N) is 6. The maximum absolute atomic E-state index is 12.9. The monoisotopic (exact) mass is 478 g/mol. The Labute approximate surface area is 191 Å². The number of benzene rings is 1. The van der Waals surface area contributed by atoms with Crippen molar-refractivity contribution >= 4 is 27.5 Å². The van der Waals surface area contributed by atoms with E-state index < -0.39 is 10.0 Å². The number of para-hydroxylation sites is 1. The molecular weight excluding hydrogens is 456 g/mol. The Kier molecular flexibility index (Phi) is 6.22. The highest BCUT2D eigenvalue weighted by atomic mass is 35.5. The highest BCUT2D eigenvalue weighted by molar-refractivity contribution is 7.89. The zero-order chi connectivity index (χ0) is 22.9. The average Bonchev–Trinajstić information content (AvgIpc) is 3.40. The zero-order valence-corrected chi connectivity index (χ0v) is 19.3. The third kappa shape index (κ3) is 4.36. The van der Waals surface area contributed by atoms with Gasteiger partial charge in [-0.2, -0.15) is 14.5 Å². The van der Waals surface area contributed by atoms with Crippen molar-refractivity contribution in [2.75, 3.05) is 26.2 Å². The Morgan fingerprint density at radius 3 is 2.53 bits per heavy atom. The molecule has 0 radical (unpaired) electrons. The van der Waals surface area contributed by atoms with Crippen LogP contribution in [0.2, 0.25) is 5.02 Å². The number of sulfonamides is 1. The van der Waals surface area contributed by atoms with Crippen LogP contribution >= 0.6 is 11.6 Å². The molecule has 1 saturated heterocycles. The van der Waals surface area contributed by atoms with Crippen LogP contribution in [0.15, 0.2) is 47.6 Å². The molecule has 4 rings (SSSR count). The Hall–Kier alpha value is -2.89. The van der Waals surface area contributed by atoms with E-state index >= 15 is 0 Å². The van der Waals surface area contributed by atoms with Crippen molar-refractivity contribution < 1.29 is 17.9 Å². The second-order valence-corrected chi connectivity index (χ2v) is 9.67. The van der Waals surface area contributed by atoms with E-state index in [2.05, 4.69) is 10.2 Å². The van der Waals surface area contributed by atoms with Gasteiger partial charge in [-0.25, -0.2) is 13.1 Å². The molecule has 1 aromatic carbocycles. The molecule has 32 heavy (non-hydrogen) atoms. The number of rotatable bonds is 6. The molecular formula is C20H23ClN6O4S. The van der Waals surface area contributed by atoms with E-state index in [1.54, 1.807) is 43.3 Å². The van der Waals surface area contributed by atoms with E-state index in [1.807, 2.05) is 12.1 Å². The second kappa shape index (κ2) is 8.93. The molecule has 10 nitrogen and oxygen atoms in total. The number of aryl methyl sites for hydroxylation is 1. The molecule has 1 fully saturated rings. The van der Waals surface area contributed by atoms with E-state index in [0.717, 1.165) is 0 Å². The first kappa shape index (κ1) is 22.3. The number of ether oxygens (including phenoxy) is 1. The lowest BCUT2D eigenvalue weighted by Crippen LogP contribution is -2.50. The summed E-state index contributed by atoms with van der Waals surface area (Å²) in [6, 6.07) is 8.71. The summed E-state index contributed by atoms with van der Waals surface area (Å²) in [5.41, 5.74) is 0.847. The smallest absolute Gasteiger partial charge is 0.274 e. The van der Waals surface area contributed by atoms with Crippen molar-refractivity contribution in [2.45, 2.75) is 18.6 Å². The number of amides is 1. The third-order valence-electron chi connectivity index (χ3n) is 5.38. The molecule has 0 atom stereocenters. The van der Waals surface area contributed by atoms with Crippen LogP contribution in [-0.2, 0) is 23.8 Å². The molecule has 0 spiro atoms. The summed E-state index contributed by atoms with van der Waals surface area (Å²) in [6.07, 6.45) is 3.01. The van der Waals surface area contributed by atoms with Crippen molar-refractivity contribution in [3.05, 3.63) is 59.1 Å². The molecule has 3 aromatic rings. The fourth-order valence-corrected chi connectivity index (χ4v) is 5.21. The Balaban J connectivity index is 1.36. The van der Waals surface area contributed by atoms with Gasteiger partial charge in [-0.1, -0.05) is 23.7 Å². The largest absolute Gasteiger partial charge is 0.470 e. The van der Waals surface area contributed by atoms with Crippen molar-refractivity contribution in [2.24, 2.45) is 7.05 Å². The first-order valence-electron chi connectivity index (χ1n) is 9.96. The minimum atomic E-state index is -3.65. The van der Waals surface area contributed by atoms with E-state index in [0.29, 0.717) is 16.5 Å². The number of piperazine rings is 1. The molecule has 1 aliphatic rings. The fraction of sp³-hybridized carbons (Fsp3) is 0.350. The van der Waals surface area contributed by atoms with E-state index in [9.17, 15) is 13.2 Å². The number of hydrogen-bond donors (Lipinski definition) is 0. The summed E-state index contributed by atoms with van der Waals surface area (Å²) in [4.78, 5) is 14.6. The molecule has 0 aliphatic carbocycles. The normalized spacial score (nSPS) is 15.2. The second-order valence-electron chi connectivity index (χ2n) is 7.36. The molecule has 3 heterocycles. The van der Waals surface area contributed by atoms with Crippen LogP contribution < -0.4 is 4.74 Å². The van der Waals surface area contributed by atoms with Crippen LogP contribution in [0.4, 0.5) is 0 Å². The molecule has 0 bridgehead atoms. The summed E-state index contributed by atoms with van der Waals surface area (Å²) in [5, 5.41) is 8.79. The van der Waals surface area contributed by atoms with Gasteiger partial charge < -0.3 is 9.64 Å². The summed E-state index contributed by atoms with van der Waals surface area (Å²) >= 11 is 6.07. The van der Waals surface area contributed by atoms with Gasteiger partial charge in [0.25, 0.3) is 5.91 Å². The van der Waals surface area contributed by atoms with Crippen LogP contribution in [0.3, 0.4) is 0 Å². The highest BCUT2D eigenvalue weighted by Crippen LogP contribution is 2.23. The van der Waals surface area contributed by atoms with Gasteiger partial charge in [-0.05, 0) is 25.1 Å². The topological polar surface area (TPSA) is 103 Å². The van der Waals surface area contributed by atoms with E-state index in [1.165, 1.54) is 19.9 Å². The van der Waals surface area contributed by atoms with Gasteiger partial charge in [0.1, 0.15) is 10.6 Å².